The standard InChI is InChI=1S/C11H9ClN4O3/c12-7-1-3-8(4-2-7)16-5-9(18)10(15-16)11(19)14-13-6-17/h1-6,18H,(H,13,17)(H,14,19). The second-order valence-corrected chi connectivity index (χ2v) is 3.94. The van der Waals surface area contributed by atoms with Gasteiger partial charge in [0.1, 0.15) is 0 Å². The van der Waals surface area contributed by atoms with E-state index in [1.54, 1.807) is 24.3 Å². The zero-order valence-electron chi connectivity index (χ0n) is 9.50. The molecule has 0 spiro atoms. The molecule has 3 N–H and O–H groups in total. The topological polar surface area (TPSA) is 96.3 Å². The summed E-state index contributed by atoms with van der Waals surface area (Å²) in [6.07, 6.45) is 1.57. The van der Waals surface area contributed by atoms with Gasteiger partial charge in [0, 0.05) is 5.02 Å². The molecular weight excluding hydrogens is 272 g/mol. The third kappa shape index (κ3) is 2.83. The lowest BCUT2D eigenvalue weighted by molar-refractivity contribution is -0.110. The van der Waals surface area contributed by atoms with Crippen LogP contribution in [0.25, 0.3) is 5.69 Å². The molecule has 1 aromatic carbocycles. The van der Waals surface area contributed by atoms with Crippen molar-refractivity contribution >= 4 is 23.9 Å². The largest absolute Gasteiger partial charge is 0.504 e. The summed E-state index contributed by atoms with van der Waals surface area (Å²) in [5, 5.41) is 14.1. The van der Waals surface area contributed by atoms with Gasteiger partial charge in [-0.2, -0.15) is 5.10 Å². The number of hydrazine groups is 1. The minimum atomic E-state index is -0.725. The fourth-order valence-electron chi connectivity index (χ4n) is 1.41. The van der Waals surface area contributed by atoms with Crippen LogP contribution >= 0.6 is 11.6 Å². The van der Waals surface area contributed by atoms with Gasteiger partial charge < -0.3 is 5.11 Å². The molecule has 98 valence electrons. The Morgan fingerprint density at radius 2 is 2.05 bits per heavy atom. The molecule has 19 heavy (non-hydrogen) atoms. The van der Waals surface area contributed by atoms with Crippen molar-refractivity contribution < 1.29 is 14.7 Å². The fraction of sp³-hybridized carbons (Fsp3) is 0. The summed E-state index contributed by atoms with van der Waals surface area (Å²) < 4.78 is 1.32. The fourth-order valence-corrected chi connectivity index (χ4v) is 1.53. The maximum atomic E-state index is 11.5. The van der Waals surface area contributed by atoms with E-state index in [-0.39, 0.29) is 11.4 Å². The van der Waals surface area contributed by atoms with Gasteiger partial charge in [-0.25, -0.2) is 4.68 Å². The molecule has 2 aromatic rings. The number of carbonyl (C=O) groups is 2. The number of aromatic nitrogens is 2. The Kier molecular flexibility index (Phi) is 3.67. The average molecular weight is 281 g/mol. The highest BCUT2D eigenvalue weighted by molar-refractivity contribution is 6.30. The summed E-state index contributed by atoms with van der Waals surface area (Å²) in [7, 11) is 0. The van der Waals surface area contributed by atoms with Gasteiger partial charge in [-0.1, -0.05) is 11.6 Å². The van der Waals surface area contributed by atoms with Crippen molar-refractivity contribution in [3.05, 3.63) is 41.2 Å². The Morgan fingerprint density at radius 1 is 1.37 bits per heavy atom. The number of hydrogen-bond acceptors (Lipinski definition) is 4. The smallest absolute Gasteiger partial charge is 0.294 e. The van der Waals surface area contributed by atoms with Crippen molar-refractivity contribution in [1.82, 2.24) is 20.6 Å². The molecule has 0 saturated heterocycles. The summed E-state index contributed by atoms with van der Waals surface area (Å²) in [5.74, 6) is -1.03. The first-order valence-corrected chi connectivity index (χ1v) is 5.53. The lowest BCUT2D eigenvalue weighted by atomic mass is 10.3. The van der Waals surface area contributed by atoms with Crippen LogP contribution < -0.4 is 10.9 Å². The van der Waals surface area contributed by atoms with Gasteiger partial charge in [0.25, 0.3) is 5.91 Å². The monoisotopic (exact) mass is 280 g/mol. The summed E-state index contributed by atoms with van der Waals surface area (Å²) in [5.41, 5.74) is 4.44. The molecule has 0 bridgehead atoms. The van der Waals surface area contributed by atoms with Gasteiger partial charge >= 0.3 is 0 Å². The summed E-state index contributed by atoms with van der Waals surface area (Å²) in [4.78, 5) is 21.6. The first-order valence-electron chi connectivity index (χ1n) is 5.16. The van der Waals surface area contributed by atoms with Gasteiger partial charge in [0.2, 0.25) is 6.41 Å². The zero-order valence-corrected chi connectivity index (χ0v) is 10.3. The lowest BCUT2D eigenvalue weighted by Gasteiger charge is -2.01. The van der Waals surface area contributed by atoms with E-state index in [4.69, 9.17) is 11.6 Å². The van der Waals surface area contributed by atoms with Crippen molar-refractivity contribution in [3.63, 3.8) is 0 Å². The SMILES string of the molecule is O=CNNC(=O)c1nn(-c2ccc(Cl)cc2)cc1O. The molecular formula is C11H9ClN4O3. The molecule has 0 atom stereocenters. The highest BCUT2D eigenvalue weighted by atomic mass is 35.5. The van der Waals surface area contributed by atoms with Crippen LogP contribution in [0.1, 0.15) is 10.5 Å². The van der Waals surface area contributed by atoms with Crippen molar-refractivity contribution in [3.8, 4) is 11.4 Å². The van der Waals surface area contributed by atoms with E-state index < -0.39 is 5.91 Å². The van der Waals surface area contributed by atoms with Gasteiger partial charge in [0.15, 0.2) is 11.4 Å². The van der Waals surface area contributed by atoms with Crippen LogP contribution in [0.15, 0.2) is 30.5 Å². The minimum Gasteiger partial charge on any atom is -0.504 e. The highest BCUT2D eigenvalue weighted by Crippen LogP contribution is 2.19. The number of carbonyl (C=O) groups excluding carboxylic acids is 2. The Hall–Kier alpha value is -2.54. The average Bonchev–Trinajstić information content (AvgIpc) is 2.79. The van der Waals surface area contributed by atoms with Crippen LogP contribution in [0, 0.1) is 0 Å². The molecule has 2 amide bonds. The van der Waals surface area contributed by atoms with Crippen molar-refractivity contribution in [2.24, 2.45) is 0 Å². The maximum absolute atomic E-state index is 11.5. The van der Waals surface area contributed by atoms with E-state index in [2.05, 4.69) is 5.10 Å². The molecule has 2 rings (SSSR count). The molecule has 0 radical (unpaired) electrons. The van der Waals surface area contributed by atoms with E-state index in [0.717, 1.165) is 0 Å². The van der Waals surface area contributed by atoms with Gasteiger partial charge in [-0.05, 0) is 24.3 Å². The zero-order chi connectivity index (χ0) is 13.8. The molecule has 1 aromatic heterocycles. The highest BCUT2D eigenvalue weighted by Gasteiger charge is 2.16. The van der Waals surface area contributed by atoms with E-state index in [1.165, 1.54) is 10.9 Å². The van der Waals surface area contributed by atoms with Crippen LogP contribution in [0.5, 0.6) is 5.75 Å². The first-order chi connectivity index (χ1) is 9.11. The molecule has 8 heteroatoms. The molecule has 0 aliphatic rings. The maximum Gasteiger partial charge on any atom is 0.294 e. The van der Waals surface area contributed by atoms with Crippen molar-refractivity contribution in [2.45, 2.75) is 0 Å². The van der Waals surface area contributed by atoms with Crippen molar-refractivity contribution in [1.29, 1.82) is 0 Å². The van der Waals surface area contributed by atoms with Crippen LogP contribution in [-0.4, -0.2) is 27.2 Å². The molecule has 0 unspecified atom stereocenters. The number of benzene rings is 1. The molecule has 1 heterocycles. The molecule has 0 aliphatic heterocycles. The molecule has 0 fully saturated rings. The summed E-state index contributed by atoms with van der Waals surface area (Å²) in [6.45, 7) is 0. The number of nitrogens with zero attached hydrogens (tertiary/aromatic N) is 2. The summed E-state index contributed by atoms with van der Waals surface area (Å²) >= 11 is 5.76. The van der Waals surface area contributed by atoms with Gasteiger partial charge in [-0.3, -0.25) is 20.4 Å². The second kappa shape index (κ2) is 5.40. The number of aromatic hydroxyl groups is 1. The normalized spacial score (nSPS) is 9.95. The van der Waals surface area contributed by atoms with Gasteiger partial charge in [-0.15, -0.1) is 0 Å². The first kappa shape index (κ1) is 12.9. The number of rotatable bonds is 4. The van der Waals surface area contributed by atoms with Gasteiger partial charge in [0.05, 0.1) is 11.9 Å². The molecule has 0 aliphatic carbocycles. The number of hydrogen-bond donors (Lipinski definition) is 3. The third-order valence-corrected chi connectivity index (χ3v) is 2.50. The van der Waals surface area contributed by atoms with E-state index in [1.807, 2.05) is 10.9 Å². The molecule has 0 saturated carbocycles. The lowest BCUT2D eigenvalue weighted by Crippen LogP contribution is -2.36. The predicted octanol–water partition coefficient (Wildman–Crippen LogP) is 0.622. The second-order valence-electron chi connectivity index (χ2n) is 3.50. The number of halogens is 1. The summed E-state index contributed by atoms with van der Waals surface area (Å²) in [6, 6.07) is 6.67. The van der Waals surface area contributed by atoms with Crippen LogP contribution in [0.3, 0.4) is 0 Å². The molecule has 7 nitrogen and oxygen atoms in total. The van der Waals surface area contributed by atoms with E-state index in [9.17, 15) is 14.7 Å². The predicted molar refractivity (Wildman–Crippen MR) is 66.9 cm³/mol. The Bertz CT molecular complexity index is 609. The Morgan fingerprint density at radius 3 is 2.68 bits per heavy atom. The minimum absolute atomic E-state index is 0.204. The van der Waals surface area contributed by atoms with Crippen LogP contribution in [0.2, 0.25) is 5.02 Å². The van der Waals surface area contributed by atoms with Crippen LogP contribution in [-0.2, 0) is 4.79 Å². The van der Waals surface area contributed by atoms with E-state index in [0.29, 0.717) is 17.1 Å². The number of nitrogens with one attached hydrogen (secondary N) is 2. The Labute approximate surface area is 112 Å². The Balaban J connectivity index is 2.27. The quantitative estimate of drug-likeness (QED) is 0.565. The van der Waals surface area contributed by atoms with Crippen LogP contribution in [0.4, 0.5) is 0 Å². The number of amides is 2. The van der Waals surface area contributed by atoms with E-state index >= 15 is 0 Å². The van der Waals surface area contributed by atoms with Crippen molar-refractivity contribution in [2.75, 3.05) is 0 Å². The third-order valence-electron chi connectivity index (χ3n) is 2.25.